The van der Waals surface area contributed by atoms with Crippen LogP contribution >= 0.6 is 23.2 Å². The van der Waals surface area contributed by atoms with Crippen LogP contribution in [0.4, 0.5) is 24.5 Å². The van der Waals surface area contributed by atoms with Gasteiger partial charge >= 0.3 is 6.18 Å². The van der Waals surface area contributed by atoms with E-state index in [0.717, 1.165) is 22.6 Å². The van der Waals surface area contributed by atoms with E-state index in [2.05, 4.69) is 10.3 Å². The number of amides is 1. The van der Waals surface area contributed by atoms with Gasteiger partial charge in [0.15, 0.2) is 5.65 Å². The second-order valence-corrected chi connectivity index (χ2v) is 6.50. The summed E-state index contributed by atoms with van der Waals surface area (Å²) in [6, 6.07) is 4.10. The highest BCUT2D eigenvalue weighted by molar-refractivity contribution is 6.34. The van der Waals surface area contributed by atoms with Crippen LogP contribution < -0.4 is 5.32 Å². The van der Waals surface area contributed by atoms with E-state index in [4.69, 9.17) is 23.2 Å². The molecule has 0 unspecified atom stereocenters. The average molecular weight is 433 g/mol. The molecule has 0 atom stereocenters. The summed E-state index contributed by atoms with van der Waals surface area (Å²) in [6.07, 6.45) is -3.96. The average Bonchev–Trinajstić information content (AvgIpc) is 2.92. The van der Waals surface area contributed by atoms with Crippen molar-refractivity contribution < 1.29 is 22.9 Å². The Kier molecular flexibility index (Phi) is 4.94. The SMILES string of the molecule is Cc1nc2c(Cl)cc(C(F)(F)F)cn2c1C(=O)Nc1ccc([N+](=O)[O-])cc1Cl. The molecule has 0 spiro atoms. The fourth-order valence-corrected chi connectivity index (χ4v) is 3.02. The highest BCUT2D eigenvalue weighted by atomic mass is 35.5. The summed E-state index contributed by atoms with van der Waals surface area (Å²) >= 11 is 11.8. The van der Waals surface area contributed by atoms with Gasteiger partial charge in [-0.25, -0.2) is 4.98 Å². The van der Waals surface area contributed by atoms with E-state index in [9.17, 15) is 28.1 Å². The molecule has 0 bridgehead atoms. The number of nitrogens with one attached hydrogen (secondary N) is 1. The lowest BCUT2D eigenvalue weighted by Crippen LogP contribution is -2.17. The first kappa shape index (κ1) is 19.9. The van der Waals surface area contributed by atoms with Crippen LogP contribution in [0.1, 0.15) is 21.7 Å². The summed E-state index contributed by atoms with van der Waals surface area (Å²) in [5, 5.41) is 12.8. The fraction of sp³-hybridized carbons (Fsp3) is 0.125. The van der Waals surface area contributed by atoms with Crippen molar-refractivity contribution in [1.29, 1.82) is 0 Å². The van der Waals surface area contributed by atoms with Crippen molar-refractivity contribution >= 4 is 46.1 Å². The molecule has 3 aromatic rings. The number of anilines is 1. The third-order valence-corrected chi connectivity index (χ3v) is 4.39. The molecule has 28 heavy (non-hydrogen) atoms. The monoisotopic (exact) mass is 432 g/mol. The fourth-order valence-electron chi connectivity index (χ4n) is 2.55. The predicted molar refractivity (Wildman–Crippen MR) is 96.0 cm³/mol. The third-order valence-electron chi connectivity index (χ3n) is 3.80. The molecule has 0 saturated heterocycles. The molecule has 0 fully saturated rings. The Morgan fingerprint density at radius 1 is 1.25 bits per heavy atom. The van der Waals surface area contributed by atoms with E-state index < -0.39 is 22.6 Å². The van der Waals surface area contributed by atoms with Crippen LogP contribution in [0.15, 0.2) is 30.5 Å². The minimum Gasteiger partial charge on any atom is -0.319 e. The lowest BCUT2D eigenvalue weighted by atomic mass is 10.2. The number of nitrogens with zero attached hydrogens (tertiary/aromatic N) is 3. The molecule has 12 heteroatoms. The zero-order valence-corrected chi connectivity index (χ0v) is 15.4. The van der Waals surface area contributed by atoms with Gasteiger partial charge < -0.3 is 5.32 Å². The maximum absolute atomic E-state index is 13.1. The number of fused-ring (bicyclic) bond motifs is 1. The summed E-state index contributed by atoms with van der Waals surface area (Å²) in [4.78, 5) is 26.8. The first-order valence-corrected chi connectivity index (χ1v) is 8.25. The van der Waals surface area contributed by atoms with E-state index in [1.807, 2.05) is 0 Å². The van der Waals surface area contributed by atoms with Crippen molar-refractivity contribution in [3.63, 3.8) is 0 Å². The summed E-state index contributed by atoms with van der Waals surface area (Å²) in [6.45, 7) is 1.43. The summed E-state index contributed by atoms with van der Waals surface area (Å²) in [5.41, 5.74) is -1.36. The lowest BCUT2D eigenvalue weighted by Gasteiger charge is -2.11. The van der Waals surface area contributed by atoms with Crippen molar-refractivity contribution in [2.24, 2.45) is 0 Å². The minimum atomic E-state index is -4.68. The van der Waals surface area contributed by atoms with Gasteiger partial charge in [0.1, 0.15) is 5.69 Å². The topological polar surface area (TPSA) is 89.5 Å². The number of pyridine rings is 1. The van der Waals surface area contributed by atoms with Gasteiger partial charge in [0.05, 0.1) is 31.9 Å². The molecule has 146 valence electrons. The number of rotatable bonds is 3. The van der Waals surface area contributed by atoms with Gasteiger partial charge in [0.2, 0.25) is 0 Å². The summed E-state index contributed by atoms with van der Waals surface area (Å²) in [7, 11) is 0. The highest BCUT2D eigenvalue weighted by Crippen LogP contribution is 2.33. The zero-order chi connectivity index (χ0) is 20.8. The Bertz CT molecular complexity index is 1130. The number of aromatic nitrogens is 2. The zero-order valence-electron chi connectivity index (χ0n) is 13.8. The first-order valence-electron chi connectivity index (χ1n) is 7.49. The molecule has 2 aromatic heterocycles. The number of hydrogen-bond acceptors (Lipinski definition) is 4. The maximum Gasteiger partial charge on any atom is 0.417 e. The smallest absolute Gasteiger partial charge is 0.319 e. The Morgan fingerprint density at radius 2 is 1.93 bits per heavy atom. The summed E-state index contributed by atoms with van der Waals surface area (Å²) in [5.74, 6) is -0.809. The van der Waals surface area contributed by atoms with E-state index >= 15 is 0 Å². The molecule has 2 heterocycles. The summed E-state index contributed by atoms with van der Waals surface area (Å²) < 4.78 is 40.2. The maximum atomic E-state index is 13.1. The largest absolute Gasteiger partial charge is 0.417 e. The van der Waals surface area contributed by atoms with Crippen molar-refractivity contribution in [1.82, 2.24) is 9.38 Å². The molecule has 3 rings (SSSR count). The van der Waals surface area contributed by atoms with Crippen molar-refractivity contribution in [2.45, 2.75) is 13.1 Å². The third kappa shape index (κ3) is 3.60. The molecule has 0 aliphatic rings. The number of alkyl halides is 3. The minimum absolute atomic E-state index is 0.0212. The molecular weight excluding hydrogens is 424 g/mol. The first-order chi connectivity index (χ1) is 13.0. The van der Waals surface area contributed by atoms with Gasteiger partial charge in [-0.1, -0.05) is 23.2 Å². The van der Waals surface area contributed by atoms with Crippen molar-refractivity contribution in [3.05, 3.63) is 67.6 Å². The van der Waals surface area contributed by atoms with E-state index in [0.29, 0.717) is 6.20 Å². The molecule has 7 nitrogen and oxygen atoms in total. The van der Waals surface area contributed by atoms with Crippen LogP contribution in [0.2, 0.25) is 10.0 Å². The molecule has 1 amide bonds. The standard InChI is InChI=1S/C16H9Cl2F3N4O3/c1-7-13(15(26)23-12-3-2-9(25(27)28)5-10(12)17)24-6-8(16(19,20)21)4-11(18)14(24)22-7/h2-6H,1H3,(H,23,26). The van der Waals surface area contributed by atoms with Crippen LogP contribution in [0.5, 0.6) is 0 Å². The number of benzene rings is 1. The van der Waals surface area contributed by atoms with Crippen LogP contribution in [0, 0.1) is 17.0 Å². The van der Waals surface area contributed by atoms with Gasteiger partial charge in [-0.3, -0.25) is 19.3 Å². The number of non-ortho nitro benzene ring substituents is 1. The molecule has 0 saturated carbocycles. The van der Waals surface area contributed by atoms with Crippen LogP contribution in [0.3, 0.4) is 0 Å². The Morgan fingerprint density at radius 3 is 2.50 bits per heavy atom. The molecular formula is C16H9Cl2F3N4O3. The van der Waals surface area contributed by atoms with Crippen LogP contribution in [0.25, 0.3) is 5.65 Å². The van der Waals surface area contributed by atoms with Gasteiger partial charge in [-0.15, -0.1) is 0 Å². The number of carbonyl (C=O) groups is 1. The highest BCUT2D eigenvalue weighted by Gasteiger charge is 2.33. The second-order valence-electron chi connectivity index (χ2n) is 5.69. The van der Waals surface area contributed by atoms with E-state index in [1.54, 1.807) is 0 Å². The van der Waals surface area contributed by atoms with Crippen LogP contribution in [-0.4, -0.2) is 20.2 Å². The lowest BCUT2D eigenvalue weighted by molar-refractivity contribution is -0.384. The van der Waals surface area contributed by atoms with Gasteiger partial charge in [-0.05, 0) is 19.1 Å². The van der Waals surface area contributed by atoms with E-state index in [1.165, 1.54) is 13.0 Å². The molecule has 0 aliphatic carbocycles. The van der Waals surface area contributed by atoms with Gasteiger partial charge in [-0.2, -0.15) is 13.2 Å². The number of nitro benzene ring substituents is 1. The molecule has 1 N–H and O–H groups in total. The van der Waals surface area contributed by atoms with Gasteiger partial charge in [0.25, 0.3) is 11.6 Å². The number of carbonyl (C=O) groups excluding carboxylic acids is 1. The Balaban J connectivity index is 2.06. The number of hydrogen-bond donors (Lipinski definition) is 1. The second kappa shape index (κ2) is 6.95. The number of aryl methyl sites for hydroxylation is 1. The quantitative estimate of drug-likeness (QED) is 0.458. The normalized spacial score (nSPS) is 11.6. The Labute approximate surface area is 164 Å². The van der Waals surface area contributed by atoms with Crippen LogP contribution in [-0.2, 0) is 6.18 Å². The van der Waals surface area contributed by atoms with Gasteiger partial charge in [0, 0.05) is 18.3 Å². The Hall–Kier alpha value is -2.85. The molecule has 0 radical (unpaired) electrons. The van der Waals surface area contributed by atoms with Crippen molar-refractivity contribution in [3.8, 4) is 0 Å². The predicted octanol–water partition coefficient (Wildman–Crippen LogP) is 5.13. The molecule has 0 aliphatic heterocycles. The number of nitro groups is 1. The molecule has 1 aromatic carbocycles. The number of imidazole rings is 1. The van der Waals surface area contributed by atoms with E-state index in [-0.39, 0.29) is 38.5 Å². The van der Waals surface area contributed by atoms with Crippen molar-refractivity contribution in [2.75, 3.05) is 5.32 Å². The number of halogens is 5.